The summed E-state index contributed by atoms with van der Waals surface area (Å²) in [7, 11) is 0. The number of thiophene rings is 1. The van der Waals surface area contributed by atoms with E-state index >= 15 is 0 Å². The third-order valence-electron chi connectivity index (χ3n) is 21.9. The second-order valence-electron chi connectivity index (χ2n) is 31.5. The van der Waals surface area contributed by atoms with Crippen LogP contribution in [0.15, 0.2) is 308 Å². The summed E-state index contributed by atoms with van der Waals surface area (Å²) < 4.78 is 205. The number of benzene rings is 11. The molecule has 0 saturated carbocycles. The van der Waals surface area contributed by atoms with Crippen LogP contribution < -0.4 is 0 Å². The second kappa shape index (κ2) is 48.7. The molecule has 1 fully saturated rings. The highest BCUT2D eigenvalue weighted by Gasteiger charge is 2.32. The van der Waals surface area contributed by atoms with Gasteiger partial charge in [-0.1, -0.05) is 188 Å². The molecule has 0 amide bonds. The van der Waals surface area contributed by atoms with E-state index in [0.29, 0.717) is 72.5 Å². The third kappa shape index (κ3) is 26.7. The Balaban J connectivity index is 0.000000129. The van der Waals surface area contributed by atoms with Crippen LogP contribution in [0.5, 0.6) is 0 Å². The molecule has 17 nitrogen and oxygen atoms in total. The highest BCUT2D eigenvalue weighted by atomic mass is 32.1. The van der Waals surface area contributed by atoms with Gasteiger partial charge in [0.1, 0.15) is 168 Å². The lowest BCUT2D eigenvalue weighted by Crippen LogP contribution is -2.13. The summed E-state index contributed by atoms with van der Waals surface area (Å²) in [5.74, 6) is 2.57. The molecule has 19 rings (SSSR count). The van der Waals surface area contributed by atoms with Crippen molar-refractivity contribution >= 4 is 40.8 Å². The van der Waals surface area contributed by atoms with Gasteiger partial charge in [-0.25, -0.2) is 68.9 Å². The van der Waals surface area contributed by atoms with E-state index < -0.39 is 58.2 Å². The quantitative estimate of drug-likeness (QED) is 0.0247. The summed E-state index contributed by atoms with van der Waals surface area (Å²) in [5.41, 5.74) is 9.63. The molecule has 0 aliphatic carbocycles. The minimum atomic E-state index is -0.683. The predicted molar refractivity (Wildman–Crippen MR) is 495 cm³/mol. The molecule has 13 aromatic rings. The molecule has 11 aromatic carbocycles. The van der Waals surface area contributed by atoms with Crippen LogP contribution in [0.2, 0.25) is 0 Å². The van der Waals surface area contributed by atoms with Gasteiger partial charge in [-0.2, -0.15) is 0 Å². The van der Waals surface area contributed by atoms with Gasteiger partial charge in [-0.05, 0) is 165 Å². The number of aliphatic imine (C=N–C) groups is 5. The monoisotopic (exact) mass is 1870 g/mol. The Bertz CT molecular complexity index is 6140. The fraction of sp³-hybridized carbons (Fsp3) is 0.231. The Kier molecular flexibility index (Phi) is 34.6. The van der Waals surface area contributed by atoms with Gasteiger partial charge in [-0.3, -0.25) is 0 Å². The fourth-order valence-corrected chi connectivity index (χ4v) is 15.4. The van der Waals surface area contributed by atoms with Crippen LogP contribution in [0.3, 0.4) is 0 Å². The molecule has 0 radical (unpaired) electrons. The van der Waals surface area contributed by atoms with Crippen LogP contribution in [-0.4, -0.2) is 95.1 Å². The molecule has 28 heteroatoms. The molecule has 2 aromatic heterocycles. The van der Waals surface area contributed by atoms with Crippen molar-refractivity contribution in [3.05, 3.63) is 436 Å². The normalized spacial score (nSPS) is 17.1. The first kappa shape index (κ1) is 96.5. The van der Waals surface area contributed by atoms with E-state index in [1.54, 1.807) is 17.6 Å². The molecule has 136 heavy (non-hydrogen) atoms. The zero-order valence-corrected chi connectivity index (χ0v) is 74.2. The van der Waals surface area contributed by atoms with Crippen molar-refractivity contribution in [1.82, 2.24) is 0 Å². The number of halogens is 10. The number of hydrogen-bond donors (Lipinski definition) is 0. The maximum absolute atomic E-state index is 13.9. The van der Waals surface area contributed by atoms with Crippen molar-refractivity contribution in [2.24, 2.45) is 25.0 Å². The Morgan fingerprint density at radius 1 is 0.338 bits per heavy atom. The summed E-state index contributed by atoms with van der Waals surface area (Å²) in [6.45, 7) is 7.00. The maximum atomic E-state index is 13.9. The minimum Gasteiger partial charge on any atom is -0.475 e. The molecule has 0 N–H and O–H groups in total. The number of rotatable bonds is 29. The molecule has 6 atom stereocenters. The van der Waals surface area contributed by atoms with Gasteiger partial charge in [-0.15, -0.1) is 23.7 Å². The summed E-state index contributed by atoms with van der Waals surface area (Å²) in [4.78, 5) is 22.9. The van der Waals surface area contributed by atoms with Gasteiger partial charge >= 0.3 is 0 Å². The first-order valence-electron chi connectivity index (χ1n) is 43.7. The van der Waals surface area contributed by atoms with E-state index in [0.717, 1.165) is 86.4 Å². The maximum Gasteiger partial charge on any atom is 0.222 e. The molecular weight excluding hydrogens is 1780 g/mol. The Hall–Kier alpha value is -14.1. The molecule has 696 valence electrons. The summed E-state index contributed by atoms with van der Waals surface area (Å²) in [5, 5.41) is 2.03. The van der Waals surface area contributed by atoms with Crippen LogP contribution in [0.25, 0.3) is 0 Å². The number of furan rings is 1. The summed E-state index contributed by atoms with van der Waals surface area (Å²) in [6, 6.07) is 73.4. The fourth-order valence-electron chi connectivity index (χ4n) is 14.7. The molecule has 0 spiro atoms. The lowest BCUT2D eigenvalue weighted by Gasteiger charge is -2.11. The van der Waals surface area contributed by atoms with Crippen molar-refractivity contribution in [2.45, 2.75) is 102 Å². The number of hydrogen-bond acceptors (Lipinski definition) is 18. The molecule has 6 aliphatic heterocycles. The first-order chi connectivity index (χ1) is 66.5. The van der Waals surface area contributed by atoms with Crippen LogP contribution >= 0.6 is 11.3 Å². The standard InChI is InChI=1S/C25H19F2NO2.C21H21F2NO3.C21H17F2NO3.C21H17F2NO2S.C20H17F2NO2/c26-21-9-4-10-22(27)24(21)25-28-23(17-30-25)20-13-11-19(12-14-20)16-29-15-5-8-18-6-2-1-3-7-18;2*22-17-4-1-5-18(23)20(17)21-24-19(13-27-21)15-8-6-14(7-9-15)11-25-12-16-3-2-10-26-16;22-17-4-1-5-18(23)20(17)21-24-19(13-26-21)15-8-6-14(7-9-15)11-25-12-16-3-2-10-27-16;1-2-3-11-24-12-14-7-9-15(10-8-14)18-13-25-20(23-18)19-16(21)5-4-6-17(19)22/h1-4,6-7,9-14,23H,15-17H2;1,4-9,16,19H,2-3,10-13H2;2*1-10,19H,11-13H2;1,4-10,18H,3,11-13H2. The molecule has 8 heterocycles. The highest BCUT2D eigenvalue weighted by molar-refractivity contribution is 7.09. The minimum absolute atomic E-state index is 0.000000296. The largest absolute Gasteiger partial charge is 0.475 e. The van der Waals surface area contributed by atoms with Gasteiger partial charge in [0, 0.05) is 23.5 Å². The first-order valence-corrected chi connectivity index (χ1v) is 44.6. The van der Waals surface area contributed by atoms with Crippen LogP contribution in [0.1, 0.15) is 149 Å². The van der Waals surface area contributed by atoms with Crippen LogP contribution in [0.4, 0.5) is 43.9 Å². The smallest absolute Gasteiger partial charge is 0.222 e. The Morgan fingerprint density at radius 2 is 0.676 bits per heavy atom. The van der Waals surface area contributed by atoms with Gasteiger partial charge < -0.3 is 56.5 Å². The SMILES string of the molecule is C#CCCOCc1ccc(C2COC(c3c(F)cccc3F)=N2)cc1.Fc1cccc(F)c1C1=NC(c2ccc(COCC#Cc3ccccc3)cc2)CO1.Fc1cccc(F)c1C1=NC(c2ccc(COCC3CCCO3)cc2)CO1.Fc1cccc(F)c1C1=NC(c2ccc(COCc3ccco3)cc2)CO1.Fc1cccc(F)c1C1=NC(c2ccc(COCc3cccs3)cc2)CO1. The number of terminal acetylenes is 1. The lowest BCUT2D eigenvalue weighted by molar-refractivity contribution is 0.0106. The summed E-state index contributed by atoms with van der Waals surface area (Å²) >= 11 is 1.67. The van der Waals surface area contributed by atoms with Crippen molar-refractivity contribution in [1.29, 1.82) is 0 Å². The van der Waals surface area contributed by atoms with Gasteiger partial charge in [0.2, 0.25) is 29.5 Å². The molecule has 0 bridgehead atoms. The second-order valence-corrected chi connectivity index (χ2v) is 32.5. The molecule has 6 unspecified atom stereocenters. The van der Waals surface area contributed by atoms with Crippen molar-refractivity contribution in [3.63, 3.8) is 0 Å². The lowest BCUT2D eigenvalue weighted by atomic mass is 10.1. The molecule has 6 aliphatic rings. The molecule has 1 saturated heterocycles. The van der Waals surface area contributed by atoms with Crippen molar-refractivity contribution in [3.8, 4) is 24.2 Å². The van der Waals surface area contributed by atoms with E-state index in [9.17, 15) is 43.9 Å². The third-order valence-corrected chi connectivity index (χ3v) is 22.7. The topological polar surface area (TPSA) is 176 Å². The van der Waals surface area contributed by atoms with Crippen molar-refractivity contribution < 1.29 is 100 Å². The van der Waals surface area contributed by atoms with Gasteiger partial charge in [0.25, 0.3) is 0 Å². The average molecular weight is 1870 g/mol. The van der Waals surface area contributed by atoms with Gasteiger partial charge in [0.05, 0.1) is 65.2 Å². The van der Waals surface area contributed by atoms with Crippen molar-refractivity contribution in [2.75, 3.05) is 59.5 Å². The highest BCUT2D eigenvalue weighted by Crippen LogP contribution is 2.35. The average Bonchev–Trinajstić information content (AvgIpc) is 1.72. The van der Waals surface area contributed by atoms with E-state index in [1.807, 2.05) is 181 Å². The van der Waals surface area contributed by atoms with Crippen LogP contribution in [-0.2, 0) is 98.4 Å². The number of ether oxygens (including phenoxy) is 11. The van der Waals surface area contributed by atoms with Crippen LogP contribution in [0, 0.1) is 82.4 Å². The zero-order chi connectivity index (χ0) is 94.3. The van der Waals surface area contributed by atoms with E-state index in [2.05, 4.69) is 42.7 Å². The van der Waals surface area contributed by atoms with E-state index in [-0.39, 0.29) is 127 Å². The Labute approximate surface area is 783 Å². The summed E-state index contributed by atoms with van der Waals surface area (Å²) in [6.07, 6.45) is 9.74. The van der Waals surface area contributed by atoms with E-state index in [1.165, 1.54) is 95.9 Å². The number of nitrogens with zero attached hydrogens (tertiary/aromatic N) is 5. The predicted octanol–water partition coefficient (Wildman–Crippen LogP) is 23.3. The van der Waals surface area contributed by atoms with E-state index in [4.69, 9.17) is 62.9 Å². The Morgan fingerprint density at radius 3 is 0.993 bits per heavy atom. The van der Waals surface area contributed by atoms with Gasteiger partial charge in [0.15, 0.2) is 0 Å². The molecular formula is C108H91F10N5O12S. The zero-order valence-electron chi connectivity index (χ0n) is 73.4.